The molecule has 12 nitrogen and oxygen atoms in total. The molecule has 1 heterocycles. The summed E-state index contributed by atoms with van der Waals surface area (Å²) in [5.41, 5.74) is 1.99. The number of likely N-dealkylation sites (N-methyl/N-ethyl adjacent to an activating group) is 1. The van der Waals surface area contributed by atoms with Gasteiger partial charge >= 0.3 is 0 Å². The number of guanidine groups is 1. The monoisotopic (exact) mass is 482 g/mol. The second-order valence-corrected chi connectivity index (χ2v) is 9.05. The smallest absolute Gasteiger partial charge is 0.243 e. The fraction of sp³-hybridized carbons (Fsp3) is 0.773. The Labute approximate surface area is 202 Å². The second kappa shape index (κ2) is 14.5. The van der Waals surface area contributed by atoms with Crippen molar-refractivity contribution in [2.45, 2.75) is 70.7 Å². The molecule has 3 atom stereocenters. The minimum Gasteiger partial charge on any atom is -0.374 e. The van der Waals surface area contributed by atoms with E-state index in [-0.39, 0.29) is 29.9 Å². The highest BCUT2D eigenvalue weighted by Gasteiger charge is 2.40. The minimum absolute atomic E-state index is 0.163. The van der Waals surface area contributed by atoms with Crippen molar-refractivity contribution in [1.82, 2.24) is 31.6 Å². The third kappa shape index (κ3) is 10.5. The molecule has 12 heteroatoms. The lowest BCUT2D eigenvalue weighted by molar-refractivity contribution is -0.151. The number of hydrazone groups is 1. The van der Waals surface area contributed by atoms with Crippen LogP contribution in [0.15, 0.2) is 10.1 Å². The summed E-state index contributed by atoms with van der Waals surface area (Å²) in [4.78, 5) is 42.7. The lowest BCUT2D eigenvalue weighted by Gasteiger charge is -2.42. The van der Waals surface area contributed by atoms with Crippen LogP contribution in [0.2, 0.25) is 0 Å². The molecule has 1 rings (SSSR count). The molecule has 0 saturated carbocycles. The fourth-order valence-electron chi connectivity index (χ4n) is 3.22. The first-order valence-corrected chi connectivity index (χ1v) is 11.6. The van der Waals surface area contributed by atoms with Gasteiger partial charge in [0, 0.05) is 40.3 Å². The van der Waals surface area contributed by atoms with Crippen LogP contribution < -0.4 is 26.7 Å². The van der Waals surface area contributed by atoms with E-state index in [4.69, 9.17) is 4.74 Å². The van der Waals surface area contributed by atoms with Crippen molar-refractivity contribution in [2.75, 3.05) is 40.8 Å². The topological polar surface area (TPSA) is 149 Å². The maximum Gasteiger partial charge on any atom is 0.243 e. The predicted molar refractivity (Wildman–Crippen MR) is 133 cm³/mol. The van der Waals surface area contributed by atoms with Crippen LogP contribution in [0, 0.1) is 0 Å². The summed E-state index contributed by atoms with van der Waals surface area (Å²) < 4.78 is 5.75. The van der Waals surface area contributed by atoms with Gasteiger partial charge in [0.25, 0.3) is 0 Å². The largest absolute Gasteiger partial charge is 0.374 e. The van der Waals surface area contributed by atoms with E-state index in [2.05, 4.69) is 36.8 Å². The van der Waals surface area contributed by atoms with Crippen molar-refractivity contribution in [3.05, 3.63) is 0 Å². The molecule has 0 aromatic carbocycles. The Bertz CT molecular complexity index is 735. The van der Waals surface area contributed by atoms with E-state index < -0.39 is 18.1 Å². The van der Waals surface area contributed by atoms with E-state index in [0.717, 1.165) is 6.42 Å². The van der Waals surface area contributed by atoms with E-state index in [0.29, 0.717) is 31.9 Å². The van der Waals surface area contributed by atoms with Crippen molar-refractivity contribution in [2.24, 2.45) is 10.1 Å². The molecule has 34 heavy (non-hydrogen) atoms. The molecular weight excluding hydrogens is 440 g/mol. The minimum atomic E-state index is -0.545. The summed E-state index contributed by atoms with van der Waals surface area (Å²) >= 11 is 0. The predicted octanol–water partition coefficient (Wildman–Crippen LogP) is -0.828. The van der Waals surface area contributed by atoms with Gasteiger partial charge < -0.3 is 30.9 Å². The Morgan fingerprint density at radius 1 is 1.24 bits per heavy atom. The summed E-state index contributed by atoms with van der Waals surface area (Å²) in [7, 11) is 5.16. The third-order valence-corrected chi connectivity index (χ3v) is 5.18. The van der Waals surface area contributed by atoms with Gasteiger partial charge in [-0.1, -0.05) is 0 Å². The zero-order chi connectivity index (χ0) is 25.7. The molecule has 0 spiro atoms. The molecule has 194 valence electrons. The van der Waals surface area contributed by atoms with Crippen LogP contribution in [-0.4, -0.2) is 99.4 Å². The molecule has 0 radical (unpaired) electrons. The number of hydrogen-bond acceptors (Lipinski definition) is 7. The Hall–Kier alpha value is -2.73. The number of hydrogen-bond donors (Lipinski definition) is 5. The average Bonchev–Trinajstić information content (AvgIpc) is 2.72. The van der Waals surface area contributed by atoms with E-state index in [1.807, 2.05) is 20.8 Å². The number of amides is 3. The van der Waals surface area contributed by atoms with Crippen LogP contribution in [0.3, 0.4) is 0 Å². The SMILES string of the molecule is CN=C(NC)NCCC[C@@H](/C=N/NC(C)=O)NC(=O)[C@@H]1CCN1C(=O)[C@@H](COC(C)(C)C)NC. The maximum atomic E-state index is 13.0. The van der Waals surface area contributed by atoms with Crippen LogP contribution in [0.4, 0.5) is 0 Å². The third-order valence-electron chi connectivity index (χ3n) is 5.18. The van der Waals surface area contributed by atoms with Crippen molar-refractivity contribution in [3.8, 4) is 0 Å². The molecule has 0 aromatic heterocycles. The summed E-state index contributed by atoms with van der Waals surface area (Å²) in [6, 6.07) is -1.48. The molecule has 5 N–H and O–H groups in total. The summed E-state index contributed by atoms with van der Waals surface area (Å²) in [6.45, 7) is 8.52. The van der Waals surface area contributed by atoms with Gasteiger partial charge in [-0.3, -0.25) is 19.4 Å². The number of carbonyl (C=O) groups excluding carboxylic acids is 3. The number of likely N-dealkylation sites (tertiary alicyclic amines) is 1. The first-order valence-electron chi connectivity index (χ1n) is 11.6. The zero-order valence-corrected chi connectivity index (χ0v) is 21.5. The van der Waals surface area contributed by atoms with Crippen molar-refractivity contribution in [3.63, 3.8) is 0 Å². The first kappa shape index (κ1) is 29.3. The molecule has 1 saturated heterocycles. The van der Waals surface area contributed by atoms with E-state index >= 15 is 0 Å². The van der Waals surface area contributed by atoms with Crippen LogP contribution in [0.1, 0.15) is 47.0 Å². The molecule has 1 aliphatic heterocycles. The Morgan fingerprint density at radius 2 is 1.94 bits per heavy atom. The quantitative estimate of drug-likeness (QED) is 0.106. The highest BCUT2D eigenvalue weighted by molar-refractivity contribution is 5.92. The van der Waals surface area contributed by atoms with E-state index in [1.54, 1.807) is 26.0 Å². The molecule has 0 unspecified atom stereocenters. The molecule has 3 amide bonds. The molecule has 0 aromatic rings. The molecule has 1 fully saturated rings. The number of nitrogens with zero attached hydrogens (tertiary/aromatic N) is 3. The molecule has 0 bridgehead atoms. The van der Waals surface area contributed by atoms with Gasteiger partial charge in [0.1, 0.15) is 12.1 Å². The Balaban J connectivity index is 2.71. The van der Waals surface area contributed by atoms with Crippen LogP contribution in [0.25, 0.3) is 0 Å². The fourth-order valence-corrected chi connectivity index (χ4v) is 3.22. The second-order valence-electron chi connectivity index (χ2n) is 9.05. The van der Waals surface area contributed by atoms with Gasteiger partial charge in [-0.2, -0.15) is 5.10 Å². The first-order chi connectivity index (χ1) is 16.0. The Morgan fingerprint density at radius 3 is 2.44 bits per heavy atom. The normalized spacial score (nSPS) is 18.1. The van der Waals surface area contributed by atoms with Gasteiger partial charge in [0.2, 0.25) is 17.7 Å². The molecule has 1 aliphatic rings. The highest BCUT2D eigenvalue weighted by Crippen LogP contribution is 2.20. The number of rotatable bonds is 12. The number of nitrogens with one attached hydrogen (secondary N) is 5. The molecular formula is C22H42N8O4. The average molecular weight is 483 g/mol. The summed E-state index contributed by atoms with van der Waals surface area (Å²) in [5, 5.41) is 15.9. The van der Waals surface area contributed by atoms with Crippen molar-refractivity contribution >= 4 is 29.9 Å². The van der Waals surface area contributed by atoms with Crippen molar-refractivity contribution in [1.29, 1.82) is 0 Å². The van der Waals surface area contributed by atoms with Crippen molar-refractivity contribution < 1.29 is 19.1 Å². The van der Waals surface area contributed by atoms with Crippen LogP contribution in [-0.2, 0) is 19.1 Å². The van der Waals surface area contributed by atoms with Gasteiger partial charge in [-0.25, -0.2) is 5.43 Å². The molecule has 0 aliphatic carbocycles. The maximum absolute atomic E-state index is 13.0. The summed E-state index contributed by atoms with van der Waals surface area (Å²) in [5.74, 6) is -0.0356. The Kier molecular flexibility index (Phi) is 12.5. The lowest BCUT2D eigenvalue weighted by atomic mass is 9.99. The lowest BCUT2D eigenvalue weighted by Crippen LogP contribution is -2.63. The van der Waals surface area contributed by atoms with Gasteiger partial charge in [0.15, 0.2) is 5.96 Å². The van der Waals surface area contributed by atoms with E-state index in [1.165, 1.54) is 13.1 Å². The van der Waals surface area contributed by atoms with Crippen LogP contribution >= 0.6 is 0 Å². The number of ether oxygens (including phenoxy) is 1. The van der Waals surface area contributed by atoms with E-state index in [9.17, 15) is 14.4 Å². The summed E-state index contributed by atoms with van der Waals surface area (Å²) in [6.07, 6.45) is 3.40. The standard InChI is InChI=1S/C22H42N8O4/c1-15(31)29-27-13-16(9-8-11-26-21(24-6)25-7)28-19(32)18-10-12-30(18)20(33)17(23-5)14-34-22(2,3)4/h13,16-18,23H,8-12,14H2,1-7H3,(H,28,32)(H,29,31)(H2,24,25,26)/b27-13+/t16-,17+,18-/m0/s1. The highest BCUT2D eigenvalue weighted by atomic mass is 16.5. The van der Waals surface area contributed by atoms with Crippen LogP contribution in [0.5, 0.6) is 0 Å². The van der Waals surface area contributed by atoms with Gasteiger partial charge in [-0.15, -0.1) is 0 Å². The number of aliphatic imine (C=N–C) groups is 1. The number of carbonyl (C=O) groups is 3. The van der Waals surface area contributed by atoms with Gasteiger partial charge in [0.05, 0.1) is 18.2 Å². The zero-order valence-electron chi connectivity index (χ0n) is 21.5. The van der Waals surface area contributed by atoms with Gasteiger partial charge in [-0.05, 0) is 47.1 Å².